The Morgan fingerprint density at radius 1 is 1.22 bits per heavy atom. The molecule has 0 aromatic rings. The lowest BCUT2D eigenvalue weighted by molar-refractivity contribution is 0.0847. The Bertz CT molecular complexity index is 349. The molecule has 1 saturated heterocycles. The molecule has 0 aromatic heterocycles. The molecule has 0 atom stereocenters. The molecule has 6 nitrogen and oxygen atoms in total. The van der Waals surface area contributed by atoms with Gasteiger partial charge in [-0.1, -0.05) is 0 Å². The lowest BCUT2D eigenvalue weighted by atomic mass is 10.0. The predicted octanol–water partition coefficient (Wildman–Crippen LogP) is -0.682. The first kappa shape index (κ1) is 15.8. The maximum absolute atomic E-state index is 12.0. The average Bonchev–Trinajstić information content (AvgIpc) is 2.36. The monoisotopic (exact) mass is 279 g/mol. The summed E-state index contributed by atoms with van der Waals surface area (Å²) in [4.78, 5) is 2.25. The first-order valence-electron chi connectivity index (χ1n) is 6.25. The van der Waals surface area contributed by atoms with Gasteiger partial charge in [0, 0.05) is 45.4 Å². The largest absolute Gasteiger partial charge is 0.384 e. The van der Waals surface area contributed by atoms with E-state index in [4.69, 9.17) is 10.5 Å². The molecular formula is C11H25N3O3S. The Morgan fingerprint density at radius 2 is 1.78 bits per heavy atom. The molecule has 1 aliphatic heterocycles. The average molecular weight is 279 g/mol. The summed E-state index contributed by atoms with van der Waals surface area (Å²) in [6.07, 6.45) is 0. The van der Waals surface area contributed by atoms with Gasteiger partial charge in [0.2, 0.25) is 10.0 Å². The standard InChI is InChI=1S/C11H25N3O3S/c1-11(2,10-12)13-4-6-14(7-5-13)18(15,16)9-8-17-3/h4-10,12H2,1-3H3. The Labute approximate surface area is 110 Å². The Balaban J connectivity index is 2.54. The molecule has 0 radical (unpaired) electrons. The van der Waals surface area contributed by atoms with Crippen LogP contribution in [0.4, 0.5) is 0 Å². The number of piperazine rings is 1. The minimum atomic E-state index is -3.17. The smallest absolute Gasteiger partial charge is 0.216 e. The van der Waals surface area contributed by atoms with Gasteiger partial charge in [0.25, 0.3) is 0 Å². The predicted molar refractivity (Wildman–Crippen MR) is 71.9 cm³/mol. The number of rotatable bonds is 6. The van der Waals surface area contributed by atoms with E-state index >= 15 is 0 Å². The fourth-order valence-electron chi connectivity index (χ4n) is 2.02. The van der Waals surface area contributed by atoms with Crippen LogP contribution in [-0.2, 0) is 14.8 Å². The van der Waals surface area contributed by atoms with Crippen LogP contribution in [-0.4, -0.2) is 75.4 Å². The second-order valence-corrected chi connectivity index (χ2v) is 7.30. The van der Waals surface area contributed by atoms with Gasteiger partial charge in [-0.15, -0.1) is 0 Å². The number of ether oxygens (including phenoxy) is 1. The Kier molecular flexibility index (Phi) is 5.54. The summed E-state index contributed by atoms with van der Waals surface area (Å²) in [6, 6.07) is 0. The van der Waals surface area contributed by atoms with Crippen LogP contribution in [0.1, 0.15) is 13.8 Å². The molecule has 1 aliphatic rings. The third kappa shape index (κ3) is 3.89. The molecule has 0 aromatic carbocycles. The van der Waals surface area contributed by atoms with Crippen molar-refractivity contribution in [1.29, 1.82) is 0 Å². The molecule has 7 heteroatoms. The van der Waals surface area contributed by atoms with Crippen molar-refractivity contribution in [3.05, 3.63) is 0 Å². The highest BCUT2D eigenvalue weighted by Gasteiger charge is 2.32. The quantitative estimate of drug-likeness (QED) is 0.697. The van der Waals surface area contributed by atoms with Crippen molar-refractivity contribution in [3.63, 3.8) is 0 Å². The molecule has 1 fully saturated rings. The number of hydrogen-bond acceptors (Lipinski definition) is 5. The maximum atomic E-state index is 12.0. The SMILES string of the molecule is COCCS(=O)(=O)N1CCN(C(C)(C)CN)CC1. The van der Waals surface area contributed by atoms with E-state index < -0.39 is 10.0 Å². The number of nitrogens with zero attached hydrogens (tertiary/aromatic N) is 2. The molecule has 0 amide bonds. The number of nitrogens with two attached hydrogens (primary N) is 1. The summed E-state index contributed by atoms with van der Waals surface area (Å²) in [5.41, 5.74) is 5.67. The van der Waals surface area contributed by atoms with E-state index in [-0.39, 0.29) is 17.9 Å². The third-order valence-electron chi connectivity index (χ3n) is 3.53. The van der Waals surface area contributed by atoms with Crippen molar-refractivity contribution in [2.45, 2.75) is 19.4 Å². The molecule has 0 bridgehead atoms. The second-order valence-electron chi connectivity index (χ2n) is 5.21. The zero-order valence-electron chi connectivity index (χ0n) is 11.6. The molecule has 18 heavy (non-hydrogen) atoms. The van der Waals surface area contributed by atoms with E-state index in [0.717, 1.165) is 13.1 Å². The van der Waals surface area contributed by atoms with E-state index in [1.54, 1.807) is 4.31 Å². The van der Waals surface area contributed by atoms with Gasteiger partial charge in [-0.3, -0.25) is 4.90 Å². The topological polar surface area (TPSA) is 75.9 Å². The van der Waals surface area contributed by atoms with Gasteiger partial charge in [-0.05, 0) is 13.8 Å². The van der Waals surface area contributed by atoms with Crippen LogP contribution >= 0.6 is 0 Å². The Morgan fingerprint density at radius 3 is 2.22 bits per heavy atom. The molecule has 2 N–H and O–H groups in total. The van der Waals surface area contributed by atoms with Crippen molar-refractivity contribution in [3.8, 4) is 0 Å². The maximum Gasteiger partial charge on any atom is 0.216 e. The lowest BCUT2D eigenvalue weighted by Crippen LogP contribution is -2.58. The summed E-state index contributed by atoms with van der Waals surface area (Å²) in [6.45, 7) is 7.53. The summed E-state index contributed by atoms with van der Waals surface area (Å²) < 4.78 is 30.3. The summed E-state index contributed by atoms with van der Waals surface area (Å²) >= 11 is 0. The minimum Gasteiger partial charge on any atom is -0.384 e. The van der Waals surface area contributed by atoms with Crippen molar-refractivity contribution < 1.29 is 13.2 Å². The van der Waals surface area contributed by atoms with Crippen molar-refractivity contribution in [2.24, 2.45) is 5.73 Å². The lowest BCUT2D eigenvalue weighted by Gasteiger charge is -2.43. The highest BCUT2D eigenvalue weighted by atomic mass is 32.2. The number of hydrogen-bond donors (Lipinski definition) is 1. The van der Waals surface area contributed by atoms with Gasteiger partial charge in [-0.25, -0.2) is 8.42 Å². The van der Waals surface area contributed by atoms with Gasteiger partial charge in [0.15, 0.2) is 0 Å². The summed E-state index contributed by atoms with van der Waals surface area (Å²) in [7, 11) is -1.66. The molecule has 108 valence electrons. The van der Waals surface area contributed by atoms with Gasteiger partial charge >= 0.3 is 0 Å². The van der Waals surface area contributed by atoms with Crippen LogP contribution in [0.25, 0.3) is 0 Å². The summed E-state index contributed by atoms with van der Waals surface area (Å²) in [5.74, 6) is 0.0593. The van der Waals surface area contributed by atoms with E-state index in [9.17, 15) is 8.42 Å². The number of methoxy groups -OCH3 is 1. The van der Waals surface area contributed by atoms with E-state index in [1.165, 1.54) is 7.11 Å². The molecule has 0 unspecified atom stereocenters. The first-order valence-corrected chi connectivity index (χ1v) is 7.86. The van der Waals surface area contributed by atoms with Gasteiger partial charge in [0.1, 0.15) is 0 Å². The molecule has 0 aliphatic carbocycles. The molecule has 1 heterocycles. The fourth-order valence-corrected chi connectivity index (χ4v) is 3.37. The van der Waals surface area contributed by atoms with E-state index in [0.29, 0.717) is 19.6 Å². The number of sulfonamides is 1. The zero-order chi connectivity index (χ0) is 13.8. The van der Waals surface area contributed by atoms with Crippen molar-refractivity contribution in [1.82, 2.24) is 9.21 Å². The van der Waals surface area contributed by atoms with Crippen LogP contribution in [0.2, 0.25) is 0 Å². The van der Waals surface area contributed by atoms with Crippen LogP contribution in [0.5, 0.6) is 0 Å². The van der Waals surface area contributed by atoms with E-state index in [2.05, 4.69) is 18.7 Å². The highest BCUT2D eigenvalue weighted by Crippen LogP contribution is 2.17. The van der Waals surface area contributed by atoms with Crippen LogP contribution in [0, 0.1) is 0 Å². The first-order chi connectivity index (χ1) is 8.33. The minimum absolute atomic E-state index is 0.0593. The molecule has 0 spiro atoms. The molecular weight excluding hydrogens is 254 g/mol. The van der Waals surface area contributed by atoms with Crippen LogP contribution in [0.15, 0.2) is 0 Å². The van der Waals surface area contributed by atoms with Crippen LogP contribution in [0.3, 0.4) is 0 Å². The zero-order valence-corrected chi connectivity index (χ0v) is 12.4. The highest BCUT2D eigenvalue weighted by molar-refractivity contribution is 7.89. The molecule has 1 rings (SSSR count). The van der Waals surface area contributed by atoms with Gasteiger partial charge < -0.3 is 10.5 Å². The normalized spacial score (nSPS) is 20.2. The van der Waals surface area contributed by atoms with Crippen LogP contribution < -0.4 is 5.73 Å². The van der Waals surface area contributed by atoms with Crippen molar-refractivity contribution in [2.75, 3.05) is 52.2 Å². The Hall–Kier alpha value is -0.210. The summed E-state index contributed by atoms with van der Waals surface area (Å²) in [5, 5.41) is 0. The fraction of sp³-hybridized carbons (Fsp3) is 1.00. The van der Waals surface area contributed by atoms with Crippen molar-refractivity contribution >= 4 is 10.0 Å². The van der Waals surface area contributed by atoms with E-state index in [1.807, 2.05) is 0 Å². The third-order valence-corrected chi connectivity index (χ3v) is 5.37. The second kappa shape index (κ2) is 6.29. The van der Waals surface area contributed by atoms with Gasteiger partial charge in [0.05, 0.1) is 12.4 Å². The molecule has 0 saturated carbocycles. The van der Waals surface area contributed by atoms with Gasteiger partial charge in [-0.2, -0.15) is 4.31 Å².